The summed E-state index contributed by atoms with van der Waals surface area (Å²) in [6.07, 6.45) is 0. The number of sulfonamides is 1. The molecule has 0 saturated carbocycles. The average Bonchev–Trinajstić information content (AvgIpc) is 2.85. The van der Waals surface area contributed by atoms with Crippen LogP contribution in [-0.2, 0) is 14.8 Å². The number of hydrogen-bond donors (Lipinski definition) is 1. The van der Waals surface area contributed by atoms with Gasteiger partial charge in [-0.3, -0.25) is 4.72 Å². The number of hydrogen-bond acceptors (Lipinski definition) is 6. The van der Waals surface area contributed by atoms with E-state index in [-0.39, 0.29) is 30.6 Å². The van der Waals surface area contributed by atoms with E-state index in [1.807, 2.05) is 0 Å². The molecule has 1 N–H and O–H groups in total. The fraction of sp³-hybridized carbons (Fsp3) is 0.154. The molecular formula is C13H11Cl2NO5S2. The van der Waals surface area contributed by atoms with Crippen LogP contribution in [0.2, 0.25) is 8.67 Å². The highest BCUT2D eigenvalue weighted by Gasteiger charge is 2.22. The van der Waals surface area contributed by atoms with E-state index in [1.54, 1.807) is 0 Å². The van der Waals surface area contributed by atoms with E-state index in [4.69, 9.17) is 27.9 Å². The fourth-order valence-electron chi connectivity index (χ4n) is 1.75. The Balaban J connectivity index is 2.37. The zero-order chi connectivity index (χ0) is 17.2. The average molecular weight is 396 g/mol. The number of benzene rings is 1. The van der Waals surface area contributed by atoms with E-state index in [0.29, 0.717) is 0 Å². The molecule has 1 aromatic carbocycles. The van der Waals surface area contributed by atoms with Gasteiger partial charge in [-0.15, -0.1) is 11.3 Å². The minimum absolute atomic E-state index is 0.0562. The first-order valence-electron chi connectivity index (χ1n) is 6.02. The largest absolute Gasteiger partial charge is 0.496 e. The van der Waals surface area contributed by atoms with Crippen molar-refractivity contribution in [3.63, 3.8) is 0 Å². The Morgan fingerprint density at radius 1 is 1.22 bits per heavy atom. The summed E-state index contributed by atoms with van der Waals surface area (Å²) < 4.78 is 37.0. The summed E-state index contributed by atoms with van der Waals surface area (Å²) in [5, 5.41) is 0. The first-order valence-corrected chi connectivity index (χ1v) is 9.08. The fourth-order valence-corrected chi connectivity index (χ4v) is 4.95. The van der Waals surface area contributed by atoms with Gasteiger partial charge in [-0.25, -0.2) is 13.2 Å². The molecule has 0 fully saturated rings. The second kappa shape index (κ2) is 6.96. The molecule has 0 amide bonds. The van der Waals surface area contributed by atoms with E-state index in [9.17, 15) is 13.2 Å². The summed E-state index contributed by atoms with van der Waals surface area (Å²) in [5.74, 6) is -0.421. The SMILES string of the molecule is COC(=O)c1ccc(NS(=O)(=O)c2cc(Cl)sc2Cl)cc1OC. The van der Waals surface area contributed by atoms with E-state index < -0.39 is 16.0 Å². The van der Waals surface area contributed by atoms with Crippen LogP contribution in [0.4, 0.5) is 5.69 Å². The summed E-state index contributed by atoms with van der Waals surface area (Å²) in [6, 6.07) is 5.43. The number of nitrogens with one attached hydrogen (secondary N) is 1. The minimum Gasteiger partial charge on any atom is -0.496 e. The number of anilines is 1. The van der Waals surface area contributed by atoms with Gasteiger partial charge in [-0.05, 0) is 18.2 Å². The van der Waals surface area contributed by atoms with Crippen LogP contribution < -0.4 is 9.46 Å². The molecule has 0 spiro atoms. The Bertz CT molecular complexity index is 848. The minimum atomic E-state index is -3.91. The first kappa shape index (κ1) is 17.9. The number of carbonyl (C=O) groups excluding carboxylic acids is 1. The van der Waals surface area contributed by atoms with Crippen LogP contribution in [0.3, 0.4) is 0 Å². The zero-order valence-corrected chi connectivity index (χ0v) is 15.1. The number of ether oxygens (including phenoxy) is 2. The lowest BCUT2D eigenvalue weighted by Crippen LogP contribution is -2.13. The Morgan fingerprint density at radius 3 is 2.43 bits per heavy atom. The maximum absolute atomic E-state index is 12.3. The van der Waals surface area contributed by atoms with Gasteiger partial charge in [0.2, 0.25) is 0 Å². The third-order valence-electron chi connectivity index (χ3n) is 2.77. The quantitative estimate of drug-likeness (QED) is 0.781. The number of esters is 1. The third-order valence-corrected chi connectivity index (χ3v) is 5.91. The molecule has 10 heteroatoms. The molecule has 1 aromatic heterocycles. The van der Waals surface area contributed by atoms with Crippen LogP contribution in [0.15, 0.2) is 29.2 Å². The smallest absolute Gasteiger partial charge is 0.341 e. The molecule has 0 aliphatic heterocycles. The van der Waals surface area contributed by atoms with E-state index in [1.165, 1.54) is 38.5 Å². The standard InChI is InChI=1S/C13H11Cl2NO5S2/c1-20-9-5-7(3-4-8(9)13(17)21-2)16-23(18,19)10-6-11(14)22-12(10)15/h3-6,16H,1-2H3. The lowest BCUT2D eigenvalue weighted by molar-refractivity contribution is 0.0597. The highest BCUT2D eigenvalue weighted by Crippen LogP contribution is 2.35. The van der Waals surface area contributed by atoms with Crippen LogP contribution in [-0.4, -0.2) is 28.6 Å². The number of carbonyl (C=O) groups is 1. The maximum atomic E-state index is 12.3. The monoisotopic (exact) mass is 395 g/mol. The highest BCUT2D eigenvalue weighted by molar-refractivity contribution is 7.93. The Morgan fingerprint density at radius 2 is 1.91 bits per heavy atom. The van der Waals surface area contributed by atoms with Crippen molar-refractivity contribution in [2.45, 2.75) is 4.90 Å². The van der Waals surface area contributed by atoms with Crippen molar-refractivity contribution in [2.75, 3.05) is 18.9 Å². The van der Waals surface area contributed by atoms with Gasteiger partial charge in [-0.1, -0.05) is 23.2 Å². The van der Waals surface area contributed by atoms with Crippen LogP contribution in [0.1, 0.15) is 10.4 Å². The molecule has 0 saturated heterocycles. The Hall–Kier alpha value is -1.48. The third kappa shape index (κ3) is 3.89. The maximum Gasteiger partial charge on any atom is 0.341 e. The van der Waals surface area contributed by atoms with Gasteiger partial charge < -0.3 is 9.47 Å². The predicted octanol–water partition coefficient (Wildman–Crippen LogP) is 3.65. The summed E-state index contributed by atoms with van der Waals surface area (Å²) >= 11 is 12.6. The highest BCUT2D eigenvalue weighted by atomic mass is 35.5. The summed E-state index contributed by atoms with van der Waals surface area (Å²) in [5.41, 5.74) is 0.377. The van der Waals surface area contributed by atoms with Crippen LogP contribution in [0.25, 0.3) is 0 Å². The Kier molecular flexibility index (Phi) is 5.41. The Labute approximate surface area is 147 Å². The molecule has 2 aromatic rings. The lowest BCUT2D eigenvalue weighted by atomic mass is 10.2. The predicted molar refractivity (Wildman–Crippen MR) is 89.5 cm³/mol. The van der Waals surface area contributed by atoms with Gasteiger partial charge in [0.15, 0.2) is 0 Å². The molecule has 0 bridgehead atoms. The van der Waals surface area contributed by atoms with Crippen LogP contribution in [0.5, 0.6) is 5.75 Å². The van der Waals surface area contributed by atoms with Crippen molar-refractivity contribution >= 4 is 56.2 Å². The molecule has 2 rings (SSSR count). The molecule has 23 heavy (non-hydrogen) atoms. The molecule has 0 aliphatic carbocycles. The molecule has 0 aliphatic rings. The summed E-state index contributed by atoms with van der Waals surface area (Å²) in [6.45, 7) is 0. The molecular weight excluding hydrogens is 385 g/mol. The zero-order valence-electron chi connectivity index (χ0n) is 11.9. The first-order chi connectivity index (χ1) is 10.8. The molecule has 0 radical (unpaired) electrons. The topological polar surface area (TPSA) is 81.7 Å². The van der Waals surface area contributed by atoms with Gasteiger partial charge in [0.05, 0.1) is 24.2 Å². The number of rotatable bonds is 5. The van der Waals surface area contributed by atoms with Crippen molar-refractivity contribution in [1.82, 2.24) is 0 Å². The summed E-state index contributed by atoms with van der Waals surface area (Å²) in [4.78, 5) is 11.5. The van der Waals surface area contributed by atoms with E-state index in [0.717, 1.165) is 11.3 Å². The molecule has 6 nitrogen and oxygen atoms in total. The van der Waals surface area contributed by atoms with Crippen LogP contribution in [0, 0.1) is 0 Å². The van der Waals surface area contributed by atoms with Crippen LogP contribution >= 0.6 is 34.5 Å². The van der Waals surface area contributed by atoms with Gasteiger partial charge in [0.1, 0.15) is 20.5 Å². The van der Waals surface area contributed by atoms with Gasteiger partial charge >= 0.3 is 5.97 Å². The normalized spacial score (nSPS) is 11.1. The van der Waals surface area contributed by atoms with Crippen molar-refractivity contribution in [2.24, 2.45) is 0 Å². The van der Waals surface area contributed by atoms with E-state index >= 15 is 0 Å². The summed E-state index contributed by atoms with van der Waals surface area (Å²) in [7, 11) is -1.32. The second-order valence-corrected chi connectivity index (χ2v) is 8.14. The van der Waals surface area contributed by atoms with Crippen molar-refractivity contribution in [3.05, 3.63) is 38.5 Å². The molecule has 1 heterocycles. The number of methoxy groups -OCH3 is 2. The molecule has 0 atom stereocenters. The molecule has 0 unspecified atom stereocenters. The van der Waals surface area contributed by atoms with E-state index in [2.05, 4.69) is 9.46 Å². The number of thiophene rings is 1. The van der Waals surface area contributed by atoms with Crippen molar-refractivity contribution in [1.29, 1.82) is 0 Å². The number of halogens is 2. The van der Waals surface area contributed by atoms with Crippen molar-refractivity contribution in [3.8, 4) is 5.75 Å². The van der Waals surface area contributed by atoms with Gasteiger partial charge in [0.25, 0.3) is 10.0 Å². The van der Waals surface area contributed by atoms with Crippen molar-refractivity contribution < 1.29 is 22.7 Å². The van der Waals surface area contributed by atoms with Gasteiger partial charge in [0, 0.05) is 6.07 Å². The van der Waals surface area contributed by atoms with Gasteiger partial charge in [-0.2, -0.15) is 0 Å². The lowest BCUT2D eigenvalue weighted by Gasteiger charge is -2.11. The second-order valence-electron chi connectivity index (χ2n) is 4.20. The molecule has 124 valence electrons.